The van der Waals surface area contributed by atoms with E-state index in [4.69, 9.17) is 4.74 Å². The van der Waals surface area contributed by atoms with Crippen LogP contribution in [0.5, 0.6) is 0 Å². The van der Waals surface area contributed by atoms with Crippen molar-refractivity contribution in [1.82, 2.24) is 4.90 Å². The number of esters is 1. The van der Waals surface area contributed by atoms with Crippen molar-refractivity contribution in [3.63, 3.8) is 0 Å². The number of halogens is 1. The van der Waals surface area contributed by atoms with Crippen molar-refractivity contribution in [2.45, 2.75) is 6.54 Å². The zero-order valence-corrected chi connectivity index (χ0v) is 14.9. The van der Waals surface area contributed by atoms with Gasteiger partial charge < -0.3 is 9.64 Å². The van der Waals surface area contributed by atoms with Crippen molar-refractivity contribution in [2.24, 2.45) is 0 Å². The molecule has 0 saturated heterocycles. The molecule has 2 aromatic carbocycles. The van der Waals surface area contributed by atoms with E-state index in [9.17, 15) is 9.59 Å². The molecule has 0 N–H and O–H groups in total. The van der Waals surface area contributed by atoms with Crippen LogP contribution in [0, 0.1) is 0 Å². The Morgan fingerprint density at radius 1 is 1.08 bits per heavy atom. The van der Waals surface area contributed by atoms with Gasteiger partial charge in [0.05, 0.1) is 0 Å². The van der Waals surface area contributed by atoms with Crippen molar-refractivity contribution < 1.29 is 14.3 Å². The summed E-state index contributed by atoms with van der Waals surface area (Å²) in [6.45, 7) is 0.207. The molecule has 2 aromatic rings. The van der Waals surface area contributed by atoms with E-state index in [1.165, 1.54) is 11.0 Å². The fourth-order valence-corrected chi connectivity index (χ4v) is 2.24. The van der Waals surface area contributed by atoms with E-state index in [1.807, 2.05) is 54.6 Å². The van der Waals surface area contributed by atoms with Crippen LogP contribution in [0.2, 0.25) is 0 Å². The fourth-order valence-electron chi connectivity index (χ4n) is 1.97. The fraction of sp³-hybridized carbons (Fsp3) is 0.158. The molecule has 0 aliphatic rings. The minimum Gasteiger partial charge on any atom is -0.452 e. The summed E-state index contributed by atoms with van der Waals surface area (Å²) in [5.74, 6) is -0.788. The van der Waals surface area contributed by atoms with Crippen molar-refractivity contribution in [3.8, 4) is 0 Å². The summed E-state index contributed by atoms with van der Waals surface area (Å²) < 4.78 is 5.95. The molecule has 4 nitrogen and oxygen atoms in total. The lowest BCUT2D eigenvalue weighted by atomic mass is 10.2. The minimum atomic E-state index is -0.542. The van der Waals surface area contributed by atoms with Crippen molar-refractivity contribution in [1.29, 1.82) is 0 Å². The quantitative estimate of drug-likeness (QED) is 0.561. The van der Waals surface area contributed by atoms with Crippen LogP contribution < -0.4 is 0 Å². The SMILES string of the molecule is CN(Cc1ccccc1)C(=O)COC(=O)/C=C/c1ccc(Br)cc1. The molecular formula is C19H18BrNO3. The highest BCUT2D eigenvalue weighted by atomic mass is 79.9. The van der Waals surface area contributed by atoms with E-state index in [2.05, 4.69) is 15.9 Å². The van der Waals surface area contributed by atoms with Gasteiger partial charge in [0.2, 0.25) is 0 Å². The Morgan fingerprint density at radius 2 is 1.75 bits per heavy atom. The number of hydrogen-bond donors (Lipinski definition) is 0. The first-order chi connectivity index (χ1) is 11.5. The second kappa shape index (κ2) is 9.03. The van der Waals surface area contributed by atoms with Crippen LogP contribution >= 0.6 is 15.9 Å². The van der Waals surface area contributed by atoms with E-state index >= 15 is 0 Å². The highest BCUT2D eigenvalue weighted by Gasteiger charge is 2.11. The Hall–Kier alpha value is -2.40. The number of nitrogens with zero attached hydrogens (tertiary/aromatic N) is 1. The summed E-state index contributed by atoms with van der Waals surface area (Å²) >= 11 is 3.35. The molecule has 0 fully saturated rings. The number of ether oxygens (including phenoxy) is 1. The van der Waals surface area contributed by atoms with Crippen LogP contribution in [0.25, 0.3) is 6.08 Å². The molecule has 24 heavy (non-hydrogen) atoms. The van der Waals surface area contributed by atoms with Gasteiger partial charge in [-0.25, -0.2) is 4.79 Å². The van der Waals surface area contributed by atoms with Crippen LogP contribution in [0.1, 0.15) is 11.1 Å². The Kier molecular flexibility index (Phi) is 6.75. The third kappa shape index (κ3) is 6.01. The van der Waals surface area contributed by atoms with Gasteiger partial charge in [-0.1, -0.05) is 58.4 Å². The van der Waals surface area contributed by atoms with Crippen LogP contribution in [0.3, 0.4) is 0 Å². The van der Waals surface area contributed by atoms with Crippen LogP contribution in [-0.2, 0) is 20.9 Å². The number of carbonyl (C=O) groups excluding carboxylic acids is 2. The van der Waals surface area contributed by atoms with Crippen LogP contribution in [0.4, 0.5) is 0 Å². The monoisotopic (exact) mass is 387 g/mol. The van der Waals surface area contributed by atoms with Gasteiger partial charge in [0.1, 0.15) is 0 Å². The lowest BCUT2D eigenvalue weighted by Gasteiger charge is -2.16. The lowest BCUT2D eigenvalue weighted by Crippen LogP contribution is -2.30. The maximum Gasteiger partial charge on any atom is 0.331 e. The third-order valence-electron chi connectivity index (χ3n) is 3.31. The molecule has 0 radical (unpaired) electrons. The molecule has 0 spiro atoms. The van der Waals surface area contributed by atoms with Gasteiger partial charge in [-0.15, -0.1) is 0 Å². The number of likely N-dealkylation sites (N-methyl/N-ethyl adjacent to an activating group) is 1. The normalized spacial score (nSPS) is 10.6. The molecule has 1 amide bonds. The molecular weight excluding hydrogens is 370 g/mol. The summed E-state index contributed by atoms with van der Waals surface area (Å²) in [4.78, 5) is 25.2. The van der Waals surface area contributed by atoms with Gasteiger partial charge in [-0.05, 0) is 29.3 Å². The molecule has 5 heteroatoms. The van der Waals surface area contributed by atoms with Crippen molar-refractivity contribution in [2.75, 3.05) is 13.7 Å². The molecule has 0 unspecified atom stereocenters. The number of hydrogen-bond acceptors (Lipinski definition) is 3. The number of carbonyl (C=O) groups is 2. The second-order valence-corrected chi connectivity index (χ2v) is 6.14. The highest BCUT2D eigenvalue weighted by molar-refractivity contribution is 9.10. The van der Waals surface area contributed by atoms with E-state index in [0.717, 1.165) is 15.6 Å². The van der Waals surface area contributed by atoms with Gasteiger partial charge in [0.15, 0.2) is 6.61 Å². The molecule has 0 bridgehead atoms. The molecule has 0 aliphatic heterocycles. The Morgan fingerprint density at radius 3 is 2.42 bits per heavy atom. The summed E-state index contributed by atoms with van der Waals surface area (Å²) in [7, 11) is 1.68. The summed E-state index contributed by atoms with van der Waals surface area (Å²) in [6, 6.07) is 17.1. The second-order valence-electron chi connectivity index (χ2n) is 5.23. The molecule has 0 aliphatic carbocycles. The first-order valence-electron chi connectivity index (χ1n) is 7.43. The summed E-state index contributed by atoms with van der Waals surface area (Å²) in [5, 5.41) is 0. The zero-order valence-electron chi connectivity index (χ0n) is 13.3. The average molecular weight is 388 g/mol. The van der Waals surface area contributed by atoms with Crippen LogP contribution in [-0.4, -0.2) is 30.4 Å². The smallest absolute Gasteiger partial charge is 0.331 e. The maximum absolute atomic E-state index is 12.0. The first-order valence-corrected chi connectivity index (χ1v) is 8.22. The Labute approximate surface area is 149 Å². The highest BCUT2D eigenvalue weighted by Crippen LogP contribution is 2.11. The van der Waals surface area contributed by atoms with Gasteiger partial charge in [-0.3, -0.25) is 4.79 Å². The van der Waals surface area contributed by atoms with Crippen molar-refractivity contribution >= 4 is 33.9 Å². The first kappa shape index (κ1) is 17.9. The van der Waals surface area contributed by atoms with Gasteiger partial charge in [0, 0.05) is 24.1 Å². The van der Waals surface area contributed by atoms with Crippen LogP contribution in [0.15, 0.2) is 65.1 Å². The van der Waals surface area contributed by atoms with E-state index < -0.39 is 5.97 Å². The maximum atomic E-state index is 12.0. The largest absolute Gasteiger partial charge is 0.452 e. The van der Waals surface area contributed by atoms with E-state index in [0.29, 0.717) is 6.54 Å². The standard InChI is InChI=1S/C19H18BrNO3/c1-21(13-16-5-3-2-4-6-16)18(22)14-24-19(23)12-9-15-7-10-17(20)11-8-15/h2-12H,13-14H2,1H3/b12-9+. The predicted octanol–water partition coefficient (Wildman–Crippen LogP) is 3.66. The van der Waals surface area contributed by atoms with Gasteiger partial charge >= 0.3 is 5.97 Å². The molecule has 0 heterocycles. The molecule has 124 valence electrons. The third-order valence-corrected chi connectivity index (χ3v) is 3.84. The van der Waals surface area contributed by atoms with E-state index in [-0.39, 0.29) is 12.5 Å². The van der Waals surface area contributed by atoms with Gasteiger partial charge in [-0.2, -0.15) is 0 Å². The summed E-state index contributed by atoms with van der Waals surface area (Å²) in [5.41, 5.74) is 1.90. The number of amides is 1. The molecule has 0 saturated carbocycles. The topological polar surface area (TPSA) is 46.6 Å². The average Bonchev–Trinajstić information content (AvgIpc) is 2.60. The number of rotatable bonds is 6. The number of benzene rings is 2. The van der Waals surface area contributed by atoms with Crippen molar-refractivity contribution in [3.05, 3.63) is 76.3 Å². The molecule has 0 atom stereocenters. The lowest BCUT2D eigenvalue weighted by molar-refractivity contribution is -0.147. The Balaban J connectivity index is 1.78. The minimum absolute atomic E-state index is 0.246. The summed E-state index contributed by atoms with van der Waals surface area (Å²) in [6.07, 6.45) is 2.96. The zero-order chi connectivity index (χ0) is 17.4. The molecule has 2 rings (SSSR count). The van der Waals surface area contributed by atoms with Gasteiger partial charge in [0.25, 0.3) is 5.91 Å². The predicted molar refractivity (Wildman–Crippen MR) is 97.1 cm³/mol. The molecule has 0 aromatic heterocycles. The Bertz CT molecular complexity index is 711. The van der Waals surface area contributed by atoms with E-state index in [1.54, 1.807) is 13.1 Å².